The number of carbonyl (C=O) groups excluding carboxylic acids is 1. The average Bonchev–Trinajstić information content (AvgIpc) is 2.74. The zero-order valence-corrected chi connectivity index (χ0v) is 11.9. The summed E-state index contributed by atoms with van der Waals surface area (Å²) >= 11 is 7.86. The quantitative estimate of drug-likeness (QED) is 0.624. The number of rotatable bonds is 3. The number of carbonyl (C=O) groups is 1. The molecule has 0 N–H and O–H groups in total. The normalized spacial score (nSPS) is 10.7. The third kappa shape index (κ3) is 2.31. The Kier molecular flexibility index (Phi) is 3.78. The number of Topliss-reactive ketones (excluding diaryl/α,β-unsaturated/α-hetero) is 1. The summed E-state index contributed by atoms with van der Waals surface area (Å²) < 4.78 is 5.25. The molecule has 1 aromatic heterocycles. The zero-order valence-electron chi connectivity index (χ0n) is 10.3. The lowest BCUT2D eigenvalue weighted by Gasteiger charge is -2.09. The maximum Gasteiger partial charge on any atom is 0.169 e. The van der Waals surface area contributed by atoms with E-state index in [1.165, 1.54) is 6.92 Å². The molecule has 18 heavy (non-hydrogen) atoms. The van der Waals surface area contributed by atoms with E-state index >= 15 is 0 Å². The predicted octanol–water partition coefficient (Wildman–Crippen LogP) is 4.23. The van der Waals surface area contributed by atoms with Gasteiger partial charge < -0.3 is 4.52 Å². The number of hydrogen-bond acceptors (Lipinski definition) is 4. The van der Waals surface area contributed by atoms with Crippen LogP contribution in [0.3, 0.4) is 0 Å². The Hall–Kier alpha value is -1.26. The molecular formula is C13H12ClNO2S. The van der Waals surface area contributed by atoms with Crippen LogP contribution >= 0.6 is 23.4 Å². The molecule has 0 spiro atoms. The molecule has 1 aromatic carbocycles. The highest BCUT2D eigenvalue weighted by molar-refractivity contribution is 7.98. The highest BCUT2D eigenvalue weighted by atomic mass is 35.5. The summed E-state index contributed by atoms with van der Waals surface area (Å²) in [4.78, 5) is 12.5. The topological polar surface area (TPSA) is 43.1 Å². The Bertz CT molecular complexity index is 607. The van der Waals surface area contributed by atoms with Crippen LogP contribution in [0.4, 0.5) is 0 Å². The number of aryl methyl sites for hydroxylation is 1. The average molecular weight is 282 g/mol. The monoisotopic (exact) mass is 281 g/mol. The van der Waals surface area contributed by atoms with Crippen LogP contribution in [0, 0.1) is 6.92 Å². The summed E-state index contributed by atoms with van der Waals surface area (Å²) in [7, 11) is 0. The Morgan fingerprint density at radius 2 is 2.17 bits per heavy atom. The number of halogens is 1. The molecule has 0 aliphatic rings. The lowest BCUT2D eigenvalue weighted by molar-refractivity contribution is 0.101. The van der Waals surface area contributed by atoms with E-state index in [-0.39, 0.29) is 5.78 Å². The van der Waals surface area contributed by atoms with Gasteiger partial charge in [-0.3, -0.25) is 4.79 Å². The van der Waals surface area contributed by atoms with E-state index in [0.717, 1.165) is 16.2 Å². The third-order valence-corrected chi connectivity index (χ3v) is 3.75. The van der Waals surface area contributed by atoms with Crippen molar-refractivity contribution in [3.63, 3.8) is 0 Å². The van der Waals surface area contributed by atoms with Gasteiger partial charge >= 0.3 is 0 Å². The SMILES string of the molecule is CSc1ccc(C(C)=O)c(Cl)c1-c1cc(C)no1. The molecule has 1 heterocycles. The first kappa shape index (κ1) is 13.2. The molecule has 0 radical (unpaired) electrons. The van der Waals surface area contributed by atoms with Crippen LogP contribution in [0.25, 0.3) is 11.3 Å². The maximum atomic E-state index is 11.5. The number of ketones is 1. The summed E-state index contributed by atoms with van der Waals surface area (Å²) in [5.41, 5.74) is 2.01. The van der Waals surface area contributed by atoms with E-state index in [9.17, 15) is 4.79 Å². The van der Waals surface area contributed by atoms with Crippen LogP contribution in [-0.4, -0.2) is 17.2 Å². The first-order chi connectivity index (χ1) is 8.54. The molecule has 0 saturated carbocycles. The van der Waals surface area contributed by atoms with Crippen molar-refractivity contribution in [2.45, 2.75) is 18.7 Å². The molecule has 0 saturated heterocycles. The summed E-state index contributed by atoms with van der Waals surface area (Å²) in [6.07, 6.45) is 1.95. The van der Waals surface area contributed by atoms with Gasteiger partial charge in [0.2, 0.25) is 0 Å². The van der Waals surface area contributed by atoms with Crippen LogP contribution in [0.5, 0.6) is 0 Å². The second-order valence-corrected chi connectivity index (χ2v) is 5.12. The predicted molar refractivity (Wildman–Crippen MR) is 73.5 cm³/mol. The molecule has 3 nitrogen and oxygen atoms in total. The number of hydrogen-bond donors (Lipinski definition) is 0. The largest absolute Gasteiger partial charge is 0.356 e. The van der Waals surface area contributed by atoms with Crippen LogP contribution < -0.4 is 0 Å². The molecule has 2 aromatic rings. The van der Waals surface area contributed by atoms with Gasteiger partial charge in [0.05, 0.1) is 16.3 Å². The number of thioether (sulfide) groups is 1. The van der Waals surface area contributed by atoms with Crippen molar-refractivity contribution < 1.29 is 9.32 Å². The summed E-state index contributed by atoms with van der Waals surface area (Å²) in [5, 5.41) is 4.28. The minimum atomic E-state index is -0.0647. The van der Waals surface area contributed by atoms with Crippen LogP contribution in [0.1, 0.15) is 23.0 Å². The first-order valence-electron chi connectivity index (χ1n) is 5.35. The molecular weight excluding hydrogens is 270 g/mol. The van der Waals surface area contributed by atoms with Crippen molar-refractivity contribution in [1.82, 2.24) is 5.16 Å². The molecule has 0 atom stereocenters. The van der Waals surface area contributed by atoms with E-state index in [1.54, 1.807) is 17.8 Å². The van der Waals surface area contributed by atoms with Gasteiger partial charge in [0, 0.05) is 16.5 Å². The van der Waals surface area contributed by atoms with Crippen molar-refractivity contribution in [2.24, 2.45) is 0 Å². The fourth-order valence-electron chi connectivity index (χ4n) is 1.71. The Morgan fingerprint density at radius 3 is 2.67 bits per heavy atom. The van der Waals surface area contributed by atoms with E-state index in [4.69, 9.17) is 16.1 Å². The minimum Gasteiger partial charge on any atom is -0.356 e. The van der Waals surface area contributed by atoms with Gasteiger partial charge in [0.25, 0.3) is 0 Å². The van der Waals surface area contributed by atoms with Gasteiger partial charge in [0.15, 0.2) is 11.5 Å². The molecule has 0 aliphatic carbocycles. The maximum absolute atomic E-state index is 11.5. The van der Waals surface area contributed by atoms with Gasteiger partial charge in [0.1, 0.15) is 0 Å². The Balaban J connectivity index is 2.70. The van der Waals surface area contributed by atoms with Gasteiger partial charge in [-0.15, -0.1) is 11.8 Å². The zero-order chi connectivity index (χ0) is 13.3. The fraction of sp³-hybridized carbons (Fsp3) is 0.231. The van der Waals surface area contributed by atoms with E-state index in [0.29, 0.717) is 16.3 Å². The van der Waals surface area contributed by atoms with Gasteiger partial charge in [-0.05, 0) is 32.2 Å². The van der Waals surface area contributed by atoms with Gasteiger partial charge in [-0.1, -0.05) is 16.8 Å². The Labute approximate surface area is 115 Å². The molecule has 0 unspecified atom stereocenters. The van der Waals surface area contributed by atoms with Crippen LogP contribution in [-0.2, 0) is 0 Å². The second-order valence-electron chi connectivity index (χ2n) is 3.89. The number of benzene rings is 1. The number of nitrogens with zero attached hydrogens (tertiary/aromatic N) is 1. The molecule has 0 fully saturated rings. The van der Waals surface area contributed by atoms with Crippen molar-refractivity contribution in [2.75, 3.05) is 6.26 Å². The smallest absolute Gasteiger partial charge is 0.169 e. The molecule has 2 rings (SSSR count). The molecule has 0 aliphatic heterocycles. The van der Waals surface area contributed by atoms with Crippen molar-refractivity contribution in [1.29, 1.82) is 0 Å². The van der Waals surface area contributed by atoms with Crippen molar-refractivity contribution in [3.8, 4) is 11.3 Å². The lowest BCUT2D eigenvalue weighted by atomic mass is 10.1. The number of aromatic nitrogens is 1. The van der Waals surface area contributed by atoms with E-state index < -0.39 is 0 Å². The highest BCUT2D eigenvalue weighted by Crippen LogP contribution is 2.38. The molecule has 5 heteroatoms. The fourth-order valence-corrected chi connectivity index (χ4v) is 2.77. The van der Waals surface area contributed by atoms with Crippen LogP contribution in [0.2, 0.25) is 5.02 Å². The molecule has 0 bridgehead atoms. The Morgan fingerprint density at radius 1 is 1.44 bits per heavy atom. The standard InChI is InChI=1S/C13H12ClNO2S/c1-7-6-10(17-15-7)12-11(18-3)5-4-9(8(2)16)13(12)14/h4-6H,1-3H3. The summed E-state index contributed by atoms with van der Waals surface area (Å²) in [5.74, 6) is 0.523. The van der Waals surface area contributed by atoms with Gasteiger partial charge in [-0.25, -0.2) is 0 Å². The molecule has 0 amide bonds. The summed E-state index contributed by atoms with van der Waals surface area (Å²) in [6, 6.07) is 5.43. The van der Waals surface area contributed by atoms with E-state index in [1.807, 2.05) is 25.3 Å². The highest BCUT2D eigenvalue weighted by Gasteiger charge is 2.18. The third-order valence-electron chi connectivity index (χ3n) is 2.58. The summed E-state index contributed by atoms with van der Waals surface area (Å²) in [6.45, 7) is 3.34. The van der Waals surface area contributed by atoms with Crippen molar-refractivity contribution in [3.05, 3.63) is 34.5 Å². The first-order valence-corrected chi connectivity index (χ1v) is 6.96. The van der Waals surface area contributed by atoms with E-state index in [2.05, 4.69) is 5.16 Å². The van der Waals surface area contributed by atoms with Crippen molar-refractivity contribution >= 4 is 29.1 Å². The minimum absolute atomic E-state index is 0.0647. The van der Waals surface area contributed by atoms with Crippen LogP contribution in [0.15, 0.2) is 27.6 Å². The molecule has 94 valence electrons. The second kappa shape index (κ2) is 5.16. The van der Waals surface area contributed by atoms with Gasteiger partial charge in [-0.2, -0.15) is 0 Å². The lowest BCUT2D eigenvalue weighted by Crippen LogP contribution is -1.96.